The number of ether oxygens (including phenoxy) is 2. The van der Waals surface area contributed by atoms with Crippen LogP contribution in [0.3, 0.4) is 0 Å². The topological polar surface area (TPSA) is 81.9 Å². The van der Waals surface area contributed by atoms with E-state index in [1.54, 1.807) is 23.1 Å². The molecule has 1 saturated carbocycles. The van der Waals surface area contributed by atoms with Crippen molar-refractivity contribution in [3.63, 3.8) is 0 Å². The highest BCUT2D eigenvalue weighted by Crippen LogP contribution is 2.54. The van der Waals surface area contributed by atoms with Gasteiger partial charge in [-0.2, -0.15) is 0 Å². The number of nitrogens with two attached hydrogens (primary N) is 1. The van der Waals surface area contributed by atoms with Crippen molar-refractivity contribution in [1.29, 1.82) is 0 Å². The number of benzene rings is 1. The number of nitrogen functional groups attached to an aromatic ring is 1. The molecular formula is C22H32N2O4. The SMILES string of the molecule is CC.COC(=O)c1ccc(C2=CC3(CCN2C(=O)OC(C)(C)C)CC3)c(N)c1. The molecule has 1 aromatic rings. The maximum atomic E-state index is 12.7. The van der Waals surface area contributed by atoms with E-state index >= 15 is 0 Å². The Morgan fingerprint density at radius 2 is 1.79 bits per heavy atom. The molecule has 1 amide bonds. The van der Waals surface area contributed by atoms with E-state index in [0.717, 1.165) is 30.5 Å². The molecule has 1 aliphatic heterocycles. The van der Waals surface area contributed by atoms with Crippen molar-refractivity contribution >= 4 is 23.4 Å². The van der Waals surface area contributed by atoms with E-state index in [1.165, 1.54) is 7.11 Å². The lowest BCUT2D eigenvalue weighted by Gasteiger charge is -2.34. The molecule has 1 fully saturated rings. The minimum atomic E-state index is -0.572. The van der Waals surface area contributed by atoms with Crippen LogP contribution in [0.1, 0.15) is 69.8 Å². The molecule has 6 heteroatoms. The van der Waals surface area contributed by atoms with Crippen molar-refractivity contribution in [2.75, 3.05) is 19.4 Å². The molecule has 1 spiro atoms. The van der Waals surface area contributed by atoms with Gasteiger partial charge in [-0.15, -0.1) is 0 Å². The average molecular weight is 389 g/mol. The van der Waals surface area contributed by atoms with Crippen molar-refractivity contribution in [3.05, 3.63) is 35.4 Å². The highest BCUT2D eigenvalue weighted by molar-refractivity contribution is 5.93. The van der Waals surface area contributed by atoms with Gasteiger partial charge in [0.25, 0.3) is 0 Å². The summed E-state index contributed by atoms with van der Waals surface area (Å²) in [5.41, 5.74) is 8.12. The highest BCUT2D eigenvalue weighted by Gasteiger charge is 2.45. The number of esters is 1. The van der Waals surface area contributed by atoms with E-state index in [-0.39, 0.29) is 11.5 Å². The summed E-state index contributed by atoms with van der Waals surface area (Å²) in [6, 6.07) is 5.02. The van der Waals surface area contributed by atoms with E-state index < -0.39 is 11.6 Å². The Morgan fingerprint density at radius 3 is 2.29 bits per heavy atom. The van der Waals surface area contributed by atoms with Crippen LogP contribution in [-0.4, -0.2) is 36.2 Å². The van der Waals surface area contributed by atoms with Crippen LogP contribution >= 0.6 is 0 Å². The van der Waals surface area contributed by atoms with Crippen LogP contribution in [0, 0.1) is 5.41 Å². The van der Waals surface area contributed by atoms with Crippen molar-refractivity contribution in [3.8, 4) is 0 Å². The Morgan fingerprint density at radius 1 is 1.14 bits per heavy atom. The van der Waals surface area contributed by atoms with Gasteiger partial charge >= 0.3 is 12.1 Å². The standard InChI is InChI=1S/C20H26N2O4.C2H6/c1-19(2,3)26-18(24)22-10-9-20(7-8-20)12-16(22)14-6-5-13(11-15(14)21)17(23)25-4;1-2/h5-6,11-12H,7-10,21H2,1-4H3;1-2H3. The molecule has 1 aromatic carbocycles. The molecule has 1 aliphatic carbocycles. The maximum Gasteiger partial charge on any atom is 0.414 e. The fourth-order valence-electron chi connectivity index (χ4n) is 3.22. The van der Waals surface area contributed by atoms with Crippen molar-refractivity contribution < 1.29 is 19.1 Å². The van der Waals surface area contributed by atoms with E-state index in [9.17, 15) is 9.59 Å². The van der Waals surface area contributed by atoms with E-state index in [1.807, 2.05) is 34.6 Å². The van der Waals surface area contributed by atoms with E-state index in [4.69, 9.17) is 15.2 Å². The maximum absolute atomic E-state index is 12.7. The monoisotopic (exact) mass is 388 g/mol. The summed E-state index contributed by atoms with van der Waals surface area (Å²) < 4.78 is 10.3. The quantitative estimate of drug-likeness (QED) is 0.579. The zero-order valence-corrected chi connectivity index (χ0v) is 17.8. The summed E-state index contributed by atoms with van der Waals surface area (Å²) in [4.78, 5) is 26.1. The first-order valence-electron chi connectivity index (χ1n) is 9.86. The molecule has 1 heterocycles. The Balaban J connectivity index is 0.00000136. The second-order valence-corrected chi connectivity index (χ2v) is 8.07. The number of rotatable bonds is 2. The van der Waals surface area contributed by atoms with Crippen LogP contribution in [0.15, 0.2) is 24.3 Å². The van der Waals surface area contributed by atoms with Gasteiger partial charge in [-0.25, -0.2) is 9.59 Å². The molecule has 154 valence electrons. The number of allylic oxidation sites excluding steroid dienone is 1. The van der Waals surface area contributed by atoms with Gasteiger partial charge in [-0.3, -0.25) is 4.90 Å². The molecule has 0 saturated heterocycles. The smallest absolute Gasteiger partial charge is 0.414 e. The lowest BCUT2D eigenvalue weighted by atomic mass is 9.92. The molecular weight excluding hydrogens is 356 g/mol. The Labute approximate surface area is 167 Å². The average Bonchev–Trinajstić information content (AvgIpc) is 3.39. The third-order valence-electron chi connectivity index (χ3n) is 4.82. The molecule has 6 nitrogen and oxygen atoms in total. The molecule has 0 atom stereocenters. The first kappa shape index (κ1) is 21.8. The number of methoxy groups -OCH3 is 1. The fraction of sp³-hybridized carbons (Fsp3) is 0.545. The second-order valence-electron chi connectivity index (χ2n) is 8.07. The molecule has 2 aliphatic rings. The number of hydrogen-bond acceptors (Lipinski definition) is 5. The summed E-state index contributed by atoms with van der Waals surface area (Å²) in [6.45, 7) is 10.1. The lowest BCUT2D eigenvalue weighted by Crippen LogP contribution is -2.39. The largest absolute Gasteiger partial charge is 0.465 e. The summed E-state index contributed by atoms with van der Waals surface area (Å²) >= 11 is 0. The predicted molar refractivity (Wildman–Crippen MR) is 111 cm³/mol. The van der Waals surface area contributed by atoms with Gasteiger partial charge in [0.1, 0.15) is 5.60 Å². The zero-order valence-electron chi connectivity index (χ0n) is 17.8. The van der Waals surface area contributed by atoms with Gasteiger partial charge in [0.2, 0.25) is 0 Å². The van der Waals surface area contributed by atoms with Crippen LogP contribution in [-0.2, 0) is 9.47 Å². The molecule has 3 rings (SSSR count). The van der Waals surface area contributed by atoms with Crippen molar-refractivity contribution in [2.24, 2.45) is 5.41 Å². The van der Waals surface area contributed by atoms with Gasteiger partial charge in [0.05, 0.1) is 18.4 Å². The third kappa shape index (κ3) is 4.86. The number of nitrogens with zero attached hydrogens (tertiary/aromatic N) is 1. The fourth-order valence-corrected chi connectivity index (χ4v) is 3.22. The zero-order chi connectivity index (χ0) is 21.1. The highest BCUT2D eigenvalue weighted by atomic mass is 16.6. The number of carbonyl (C=O) groups excluding carboxylic acids is 2. The van der Waals surface area contributed by atoms with Crippen molar-refractivity contribution in [1.82, 2.24) is 4.90 Å². The first-order chi connectivity index (χ1) is 13.1. The predicted octanol–water partition coefficient (Wildman–Crippen LogP) is 4.84. The molecule has 0 unspecified atom stereocenters. The lowest BCUT2D eigenvalue weighted by molar-refractivity contribution is 0.0337. The van der Waals surface area contributed by atoms with Crippen LogP contribution < -0.4 is 5.73 Å². The molecule has 28 heavy (non-hydrogen) atoms. The summed E-state index contributed by atoms with van der Waals surface area (Å²) in [7, 11) is 1.33. The Kier molecular flexibility index (Phi) is 6.42. The first-order valence-corrected chi connectivity index (χ1v) is 9.86. The second kappa shape index (κ2) is 8.25. The van der Waals surface area contributed by atoms with E-state index in [2.05, 4.69) is 6.08 Å². The van der Waals surface area contributed by atoms with Crippen LogP contribution in [0.5, 0.6) is 0 Å². The number of carbonyl (C=O) groups is 2. The van der Waals surface area contributed by atoms with Gasteiger partial charge in [-0.05, 0) is 63.6 Å². The summed E-state index contributed by atoms with van der Waals surface area (Å²) in [6.07, 6.45) is 4.94. The minimum absolute atomic E-state index is 0.168. The Hall–Kier alpha value is -2.50. The number of anilines is 1. The van der Waals surface area contributed by atoms with Crippen molar-refractivity contribution in [2.45, 2.75) is 59.5 Å². The van der Waals surface area contributed by atoms with E-state index in [0.29, 0.717) is 17.8 Å². The van der Waals surface area contributed by atoms with Crippen LogP contribution in [0.25, 0.3) is 5.70 Å². The third-order valence-corrected chi connectivity index (χ3v) is 4.82. The van der Waals surface area contributed by atoms with Gasteiger partial charge in [0, 0.05) is 17.8 Å². The van der Waals surface area contributed by atoms with Gasteiger partial charge in [-0.1, -0.05) is 19.9 Å². The minimum Gasteiger partial charge on any atom is -0.465 e. The number of hydrogen-bond donors (Lipinski definition) is 1. The van der Waals surface area contributed by atoms with Gasteiger partial charge in [0.15, 0.2) is 0 Å². The Bertz CT molecular complexity index is 773. The van der Waals surface area contributed by atoms with Gasteiger partial charge < -0.3 is 15.2 Å². The molecule has 2 N–H and O–H groups in total. The molecule has 0 bridgehead atoms. The van der Waals surface area contributed by atoms with Crippen LogP contribution in [0.4, 0.5) is 10.5 Å². The molecule has 0 radical (unpaired) electrons. The normalized spacial score (nSPS) is 17.2. The summed E-state index contributed by atoms with van der Waals surface area (Å²) in [5.74, 6) is -0.441. The number of amides is 1. The van der Waals surface area contributed by atoms with Crippen LogP contribution in [0.2, 0.25) is 0 Å². The summed E-state index contributed by atoms with van der Waals surface area (Å²) in [5, 5.41) is 0. The molecule has 0 aromatic heterocycles.